The van der Waals surface area contributed by atoms with Gasteiger partial charge in [-0.3, -0.25) is 4.79 Å². The first kappa shape index (κ1) is 22.0. The van der Waals surface area contributed by atoms with E-state index in [0.717, 1.165) is 0 Å². The van der Waals surface area contributed by atoms with Gasteiger partial charge in [0.05, 0.1) is 12.5 Å². The lowest BCUT2D eigenvalue weighted by Crippen LogP contribution is -2.44. The van der Waals surface area contributed by atoms with Gasteiger partial charge in [0, 0.05) is 30.2 Å². The molecule has 0 aliphatic carbocycles. The summed E-state index contributed by atoms with van der Waals surface area (Å²) >= 11 is 0. The highest BCUT2D eigenvalue weighted by Crippen LogP contribution is 2.30. The predicted octanol–water partition coefficient (Wildman–Crippen LogP) is 2.85. The molecule has 1 aromatic carbocycles. The molecule has 0 spiro atoms. The first-order valence-electron chi connectivity index (χ1n) is 9.98. The van der Waals surface area contributed by atoms with Gasteiger partial charge in [-0.1, -0.05) is 18.2 Å². The smallest absolute Gasteiger partial charge is 0.341 e. The summed E-state index contributed by atoms with van der Waals surface area (Å²) in [5.41, 5.74) is 1.53. The first-order chi connectivity index (χ1) is 14.3. The molecule has 2 heterocycles. The van der Waals surface area contributed by atoms with Crippen LogP contribution in [-0.4, -0.2) is 49.3 Å². The Kier molecular flexibility index (Phi) is 6.62. The van der Waals surface area contributed by atoms with E-state index in [0.29, 0.717) is 36.5 Å². The zero-order valence-corrected chi connectivity index (χ0v) is 18.2. The minimum Gasteiger partial charge on any atom is -0.462 e. The Morgan fingerprint density at radius 2 is 1.90 bits per heavy atom. The van der Waals surface area contributed by atoms with Crippen molar-refractivity contribution in [3.05, 3.63) is 47.3 Å². The third-order valence-electron chi connectivity index (χ3n) is 5.19. The van der Waals surface area contributed by atoms with Gasteiger partial charge in [0.15, 0.2) is 0 Å². The van der Waals surface area contributed by atoms with Crippen LogP contribution in [0.1, 0.15) is 41.5 Å². The van der Waals surface area contributed by atoms with Crippen LogP contribution in [-0.2, 0) is 19.6 Å². The van der Waals surface area contributed by atoms with Crippen LogP contribution in [0.4, 0.5) is 5.69 Å². The molecule has 1 fully saturated rings. The second kappa shape index (κ2) is 9.01. The van der Waals surface area contributed by atoms with Crippen molar-refractivity contribution in [1.82, 2.24) is 9.29 Å². The molecule has 0 radical (unpaired) electrons. The summed E-state index contributed by atoms with van der Waals surface area (Å²) in [5.74, 6) is -1.36. The van der Waals surface area contributed by atoms with Gasteiger partial charge in [-0.25, -0.2) is 13.2 Å². The van der Waals surface area contributed by atoms with Gasteiger partial charge in [-0.05, 0) is 45.7 Å². The quantitative estimate of drug-likeness (QED) is 0.681. The second-order valence-electron chi connectivity index (χ2n) is 7.36. The largest absolute Gasteiger partial charge is 0.462 e. The number of carbonyl (C=O) groups excluding carboxylic acids is 2. The Balaban J connectivity index is 1.85. The maximum absolute atomic E-state index is 13.4. The Morgan fingerprint density at radius 1 is 1.20 bits per heavy atom. The van der Waals surface area contributed by atoms with Crippen LogP contribution in [0.5, 0.6) is 0 Å². The van der Waals surface area contributed by atoms with Crippen molar-refractivity contribution in [3.8, 4) is 0 Å². The average Bonchev–Trinajstić information content (AvgIpc) is 3.03. The molecule has 0 unspecified atom stereocenters. The number of hydrogen-bond donors (Lipinski definition) is 2. The lowest BCUT2D eigenvalue weighted by molar-refractivity contribution is -0.120. The van der Waals surface area contributed by atoms with Crippen LogP contribution >= 0.6 is 0 Å². The van der Waals surface area contributed by atoms with E-state index in [9.17, 15) is 18.0 Å². The SMILES string of the molecule is CCOC(=O)c1c(C)[nH]c(C)c1S(=O)(=O)N1CCC[C@H](C(=O)Nc2ccccc2)C1. The number of aromatic nitrogens is 1. The van der Waals surface area contributed by atoms with Crippen LogP contribution in [0.15, 0.2) is 35.2 Å². The number of ether oxygens (including phenoxy) is 1. The second-order valence-corrected chi connectivity index (χ2v) is 9.23. The van der Waals surface area contributed by atoms with E-state index in [-0.39, 0.29) is 29.5 Å². The van der Waals surface area contributed by atoms with E-state index >= 15 is 0 Å². The van der Waals surface area contributed by atoms with Crippen LogP contribution in [0.3, 0.4) is 0 Å². The minimum atomic E-state index is -3.98. The van der Waals surface area contributed by atoms with Crippen molar-refractivity contribution in [2.75, 3.05) is 25.0 Å². The summed E-state index contributed by atoms with van der Waals surface area (Å²) < 4.78 is 33.2. The van der Waals surface area contributed by atoms with E-state index in [1.807, 2.05) is 18.2 Å². The molecule has 3 rings (SSSR count). The Bertz CT molecular complexity index is 1030. The van der Waals surface area contributed by atoms with Crippen molar-refractivity contribution >= 4 is 27.6 Å². The molecule has 0 saturated carbocycles. The highest BCUT2D eigenvalue weighted by molar-refractivity contribution is 7.89. The number of esters is 1. The first-order valence-corrected chi connectivity index (χ1v) is 11.4. The van der Waals surface area contributed by atoms with Crippen LogP contribution in [0.2, 0.25) is 0 Å². The van der Waals surface area contributed by atoms with Gasteiger partial charge in [-0.15, -0.1) is 0 Å². The maximum Gasteiger partial charge on any atom is 0.341 e. The zero-order valence-electron chi connectivity index (χ0n) is 17.4. The summed E-state index contributed by atoms with van der Waals surface area (Å²) in [4.78, 5) is 28.0. The fraction of sp³-hybridized carbons (Fsp3) is 0.429. The topological polar surface area (TPSA) is 109 Å². The third kappa shape index (κ3) is 4.41. The number of nitrogens with one attached hydrogen (secondary N) is 2. The molecule has 1 aliphatic heterocycles. The molecule has 8 nitrogen and oxygen atoms in total. The number of hydrogen-bond acceptors (Lipinski definition) is 5. The molecule has 0 bridgehead atoms. The minimum absolute atomic E-state index is 0.0326. The van der Waals surface area contributed by atoms with Crippen LogP contribution < -0.4 is 5.32 Å². The van der Waals surface area contributed by atoms with Crippen molar-refractivity contribution in [3.63, 3.8) is 0 Å². The van der Waals surface area contributed by atoms with Crippen molar-refractivity contribution in [2.45, 2.75) is 38.5 Å². The molecule has 9 heteroatoms. The fourth-order valence-corrected chi connectivity index (χ4v) is 5.74. The molecule has 162 valence electrons. The van der Waals surface area contributed by atoms with Gasteiger partial charge < -0.3 is 15.0 Å². The number of anilines is 1. The van der Waals surface area contributed by atoms with E-state index in [4.69, 9.17) is 4.74 Å². The average molecular weight is 434 g/mol. The summed E-state index contributed by atoms with van der Waals surface area (Å²) in [5, 5.41) is 2.84. The number of amides is 1. The number of aromatic amines is 1. The predicted molar refractivity (Wildman–Crippen MR) is 113 cm³/mol. The summed E-state index contributed by atoms with van der Waals surface area (Å²) in [6, 6.07) is 9.06. The summed E-state index contributed by atoms with van der Waals surface area (Å²) in [6.07, 6.45) is 1.16. The Morgan fingerprint density at radius 3 is 2.57 bits per heavy atom. The number of rotatable bonds is 6. The Hall–Kier alpha value is -2.65. The number of sulfonamides is 1. The molecule has 1 atom stereocenters. The fourth-order valence-electron chi connectivity index (χ4n) is 3.80. The number of carbonyl (C=O) groups is 2. The Labute approximate surface area is 176 Å². The summed E-state index contributed by atoms with van der Waals surface area (Å²) in [6.45, 7) is 5.43. The van der Waals surface area contributed by atoms with Crippen molar-refractivity contribution in [2.24, 2.45) is 5.92 Å². The van der Waals surface area contributed by atoms with E-state index in [1.165, 1.54) is 4.31 Å². The molecule has 1 saturated heterocycles. The summed E-state index contributed by atoms with van der Waals surface area (Å²) in [7, 11) is -3.98. The maximum atomic E-state index is 13.4. The highest BCUT2D eigenvalue weighted by atomic mass is 32.2. The number of piperidine rings is 1. The molecule has 30 heavy (non-hydrogen) atoms. The van der Waals surface area contributed by atoms with E-state index in [1.54, 1.807) is 32.9 Å². The zero-order chi connectivity index (χ0) is 21.9. The van der Waals surface area contributed by atoms with Crippen LogP contribution in [0.25, 0.3) is 0 Å². The van der Waals surface area contributed by atoms with Gasteiger partial charge in [0.2, 0.25) is 15.9 Å². The van der Waals surface area contributed by atoms with Gasteiger partial charge in [0.1, 0.15) is 10.5 Å². The molecule has 1 amide bonds. The highest BCUT2D eigenvalue weighted by Gasteiger charge is 2.38. The molecule has 2 aromatic rings. The third-order valence-corrected chi connectivity index (χ3v) is 7.23. The van der Waals surface area contributed by atoms with Crippen LogP contribution in [0, 0.1) is 19.8 Å². The van der Waals surface area contributed by atoms with Gasteiger partial charge in [-0.2, -0.15) is 4.31 Å². The molecule has 1 aliphatic rings. The van der Waals surface area contributed by atoms with Gasteiger partial charge in [0.25, 0.3) is 0 Å². The number of benzene rings is 1. The lowest BCUT2D eigenvalue weighted by atomic mass is 9.99. The molecular formula is C21H27N3O5S. The molecule has 2 N–H and O–H groups in total. The van der Waals surface area contributed by atoms with E-state index in [2.05, 4.69) is 10.3 Å². The lowest BCUT2D eigenvalue weighted by Gasteiger charge is -2.31. The number of nitrogens with zero attached hydrogens (tertiary/aromatic N) is 1. The van der Waals surface area contributed by atoms with Crippen molar-refractivity contribution < 1.29 is 22.7 Å². The monoisotopic (exact) mass is 433 g/mol. The van der Waals surface area contributed by atoms with Crippen molar-refractivity contribution in [1.29, 1.82) is 0 Å². The standard InChI is InChI=1S/C21H27N3O5S/c1-4-29-21(26)18-14(2)22-15(3)19(18)30(27,28)24-12-8-9-16(13-24)20(25)23-17-10-6-5-7-11-17/h5-7,10-11,16,22H,4,8-9,12-13H2,1-3H3,(H,23,25)/t16-/m0/s1. The molecular weight excluding hydrogens is 406 g/mol. The van der Waals surface area contributed by atoms with E-state index < -0.39 is 21.9 Å². The van der Waals surface area contributed by atoms with Gasteiger partial charge >= 0.3 is 5.97 Å². The normalized spacial score (nSPS) is 17.5. The number of para-hydroxylation sites is 1. The number of aryl methyl sites for hydroxylation is 2. The number of H-pyrrole nitrogens is 1. The molecule has 1 aromatic heterocycles.